The lowest BCUT2D eigenvalue weighted by Gasteiger charge is -2.20. The van der Waals surface area contributed by atoms with Crippen LogP contribution in [-0.2, 0) is 14.9 Å². The molecule has 4 rings (SSSR count). The maximum atomic E-state index is 13.1. The highest BCUT2D eigenvalue weighted by molar-refractivity contribution is 7.92. The summed E-state index contributed by atoms with van der Waals surface area (Å²) in [5.41, 5.74) is 6.55. The van der Waals surface area contributed by atoms with Crippen LogP contribution in [0, 0.1) is 18.3 Å². The van der Waals surface area contributed by atoms with E-state index in [1.807, 2.05) is 31.2 Å². The molecule has 0 atom stereocenters. The number of hydrogen-bond donors (Lipinski definition) is 1. The molecule has 0 saturated heterocycles. The SMILES string of the molecule is CONC(=O)c1c(-c2ccc(C)cc2)oc2cc(N(C)S(C)(=O)=O)c(-c3cccc(C#N)c3)cc12. The summed E-state index contributed by atoms with van der Waals surface area (Å²) in [6.45, 7) is 1.95. The van der Waals surface area contributed by atoms with Gasteiger partial charge in [0.25, 0.3) is 5.91 Å². The van der Waals surface area contributed by atoms with Crippen LogP contribution >= 0.6 is 0 Å². The van der Waals surface area contributed by atoms with Gasteiger partial charge in [-0.05, 0) is 30.7 Å². The fourth-order valence-corrected chi connectivity index (χ4v) is 4.34. The van der Waals surface area contributed by atoms with Crippen molar-refractivity contribution in [3.05, 3.63) is 77.4 Å². The fraction of sp³-hybridized carbons (Fsp3) is 0.154. The first-order valence-electron chi connectivity index (χ1n) is 10.6. The third-order valence-corrected chi connectivity index (χ3v) is 6.87. The molecule has 0 bridgehead atoms. The first kappa shape index (κ1) is 24.0. The van der Waals surface area contributed by atoms with Gasteiger partial charge in [-0.1, -0.05) is 42.0 Å². The second-order valence-corrected chi connectivity index (χ2v) is 10.1. The van der Waals surface area contributed by atoms with E-state index in [0.29, 0.717) is 44.7 Å². The predicted molar refractivity (Wildman–Crippen MR) is 134 cm³/mol. The number of nitrogens with one attached hydrogen (secondary N) is 1. The van der Waals surface area contributed by atoms with Crippen LogP contribution in [0.25, 0.3) is 33.4 Å². The van der Waals surface area contributed by atoms with Crippen LogP contribution in [0.1, 0.15) is 21.5 Å². The standard InChI is InChI=1S/C26H23N3O5S/c1-16-8-10-18(11-9-16)25-24(26(30)28-33-3)21-13-20(19-7-5-6-17(12-19)15-27)22(14-23(21)34-25)29(2)35(4,31)32/h5-14H,1-4H3,(H,28,30). The molecule has 0 aliphatic carbocycles. The molecule has 0 radical (unpaired) electrons. The highest BCUT2D eigenvalue weighted by Crippen LogP contribution is 2.41. The Labute approximate surface area is 203 Å². The number of rotatable bonds is 6. The van der Waals surface area contributed by atoms with Crippen molar-refractivity contribution in [2.24, 2.45) is 0 Å². The average molecular weight is 490 g/mol. The Morgan fingerprint density at radius 3 is 2.43 bits per heavy atom. The van der Waals surface area contributed by atoms with Crippen molar-refractivity contribution in [2.75, 3.05) is 24.7 Å². The van der Waals surface area contributed by atoms with Crippen molar-refractivity contribution in [1.82, 2.24) is 5.48 Å². The second-order valence-electron chi connectivity index (χ2n) is 8.10. The van der Waals surface area contributed by atoms with Crippen LogP contribution in [0.2, 0.25) is 0 Å². The Morgan fingerprint density at radius 2 is 1.80 bits per heavy atom. The van der Waals surface area contributed by atoms with Crippen molar-refractivity contribution in [3.8, 4) is 28.5 Å². The predicted octanol–water partition coefficient (Wildman–Crippen LogP) is 4.63. The summed E-state index contributed by atoms with van der Waals surface area (Å²) in [5, 5.41) is 9.85. The Morgan fingerprint density at radius 1 is 1.09 bits per heavy atom. The number of anilines is 1. The van der Waals surface area contributed by atoms with Crippen LogP contribution in [0.4, 0.5) is 5.69 Å². The normalized spacial score (nSPS) is 11.3. The van der Waals surface area contributed by atoms with Gasteiger partial charge < -0.3 is 4.42 Å². The number of carbonyl (C=O) groups excluding carboxylic acids is 1. The number of hydroxylamine groups is 1. The maximum absolute atomic E-state index is 13.1. The lowest BCUT2D eigenvalue weighted by Crippen LogP contribution is -2.25. The molecule has 1 amide bonds. The van der Waals surface area contributed by atoms with E-state index in [0.717, 1.165) is 16.1 Å². The molecule has 8 nitrogen and oxygen atoms in total. The van der Waals surface area contributed by atoms with E-state index in [4.69, 9.17) is 9.25 Å². The van der Waals surface area contributed by atoms with Gasteiger partial charge in [-0.3, -0.25) is 13.9 Å². The molecule has 3 aromatic carbocycles. The zero-order chi connectivity index (χ0) is 25.3. The van der Waals surface area contributed by atoms with Gasteiger partial charge in [0.15, 0.2) is 0 Å². The number of furan rings is 1. The van der Waals surface area contributed by atoms with Crippen molar-refractivity contribution < 1.29 is 22.5 Å². The number of benzene rings is 3. The van der Waals surface area contributed by atoms with Gasteiger partial charge in [0, 0.05) is 29.6 Å². The van der Waals surface area contributed by atoms with E-state index in [-0.39, 0.29) is 5.56 Å². The third-order valence-electron chi connectivity index (χ3n) is 5.68. The molecule has 0 fully saturated rings. The van der Waals surface area contributed by atoms with E-state index in [2.05, 4.69) is 11.5 Å². The molecule has 9 heteroatoms. The van der Waals surface area contributed by atoms with Crippen molar-refractivity contribution in [2.45, 2.75) is 6.92 Å². The Balaban J connectivity index is 2.09. The zero-order valence-corrected chi connectivity index (χ0v) is 20.4. The van der Waals surface area contributed by atoms with Gasteiger partial charge in [-0.25, -0.2) is 13.9 Å². The highest BCUT2D eigenvalue weighted by Gasteiger charge is 2.26. The number of nitriles is 1. The molecule has 1 N–H and O–H groups in total. The molecule has 35 heavy (non-hydrogen) atoms. The summed E-state index contributed by atoms with van der Waals surface area (Å²) in [4.78, 5) is 17.9. The van der Waals surface area contributed by atoms with Gasteiger partial charge in [0.05, 0.1) is 36.2 Å². The van der Waals surface area contributed by atoms with E-state index < -0.39 is 15.9 Å². The average Bonchev–Trinajstić information content (AvgIpc) is 3.21. The summed E-state index contributed by atoms with van der Waals surface area (Å²) >= 11 is 0. The Kier molecular flexibility index (Phi) is 6.35. The molecule has 1 heterocycles. The van der Waals surface area contributed by atoms with E-state index in [9.17, 15) is 18.5 Å². The molecule has 178 valence electrons. The fourth-order valence-electron chi connectivity index (χ4n) is 3.84. The van der Waals surface area contributed by atoms with Gasteiger partial charge in [0.1, 0.15) is 11.3 Å². The smallest absolute Gasteiger partial charge is 0.279 e. The molecular formula is C26H23N3O5S. The first-order chi connectivity index (χ1) is 16.6. The molecule has 0 unspecified atom stereocenters. The van der Waals surface area contributed by atoms with Crippen LogP contribution in [-0.4, -0.2) is 34.7 Å². The van der Waals surface area contributed by atoms with Crippen LogP contribution in [0.3, 0.4) is 0 Å². The summed E-state index contributed by atoms with van der Waals surface area (Å²) in [6, 6.07) is 19.7. The van der Waals surface area contributed by atoms with E-state index in [1.165, 1.54) is 14.2 Å². The number of hydrogen-bond acceptors (Lipinski definition) is 6. The number of fused-ring (bicyclic) bond motifs is 1. The van der Waals surface area contributed by atoms with Crippen LogP contribution in [0.15, 0.2) is 65.1 Å². The molecule has 1 aromatic heterocycles. The van der Waals surface area contributed by atoms with Crippen molar-refractivity contribution in [3.63, 3.8) is 0 Å². The molecule has 0 aliphatic rings. The van der Waals surface area contributed by atoms with E-state index in [1.54, 1.807) is 36.4 Å². The largest absolute Gasteiger partial charge is 0.455 e. The molecule has 0 aliphatic heterocycles. The number of carbonyl (C=O) groups is 1. The minimum atomic E-state index is -3.63. The van der Waals surface area contributed by atoms with Gasteiger partial charge in [0.2, 0.25) is 10.0 Å². The second kappa shape index (κ2) is 9.25. The summed E-state index contributed by atoms with van der Waals surface area (Å²) in [6.07, 6.45) is 1.10. The summed E-state index contributed by atoms with van der Waals surface area (Å²) < 4.78 is 32.2. The lowest BCUT2D eigenvalue weighted by atomic mass is 9.97. The molecule has 4 aromatic rings. The maximum Gasteiger partial charge on any atom is 0.279 e. The Hall–Kier alpha value is -4.13. The molecular weight excluding hydrogens is 466 g/mol. The number of nitrogens with zero attached hydrogens (tertiary/aromatic N) is 2. The lowest BCUT2D eigenvalue weighted by molar-refractivity contribution is 0.0539. The van der Waals surface area contributed by atoms with Crippen LogP contribution in [0.5, 0.6) is 0 Å². The van der Waals surface area contributed by atoms with Gasteiger partial charge >= 0.3 is 0 Å². The van der Waals surface area contributed by atoms with Crippen molar-refractivity contribution in [1.29, 1.82) is 5.26 Å². The van der Waals surface area contributed by atoms with Gasteiger partial charge in [-0.2, -0.15) is 5.26 Å². The van der Waals surface area contributed by atoms with Crippen molar-refractivity contribution >= 4 is 32.6 Å². The number of aryl methyl sites for hydroxylation is 1. The van der Waals surface area contributed by atoms with E-state index >= 15 is 0 Å². The minimum Gasteiger partial charge on any atom is -0.455 e. The Bertz CT molecular complexity index is 1580. The third kappa shape index (κ3) is 4.62. The van der Waals surface area contributed by atoms with Crippen LogP contribution < -0.4 is 9.79 Å². The highest BCUT2D eigenvalue weighted by atomic mass is 32.2. The summed E-state index contributed by atoms with van der Waals surface area (Å²) in [5.74, 6) is -0.187. The number of amides is 1. The zero-order valence-electron chi connectivity index (χ0n) is 19.6. The first-order valence-corrected chi connectivity index (χ1v) is 12.4. The van der Waals surface area contributed by atoms with Gasteiger partial charge in [-0.15, -0.1) is 0 Å². The minimum absolute atomic E-state index is 0.247. The number of sulfonamides is 1. The quantitative estimate of drug-likeness (QED) is 0.395. The molecule has 0 spiro atoms. The molecule has 0 saturated carbocycles. The monoisotopic (exact) mass is 489 g/mol. The topological polar surface area (TPSA) is 113 Å². The summed E-state index contributed by atoms with van der Waals surface area (Å²) in [7, 11) is -0.851.